The summed E-state index contributed by atoms with van der Waals surface area (Å²) >= 11 is 1.96. The van der Waals surface area contributed by atoms with Crippen molar-refractivity contribution in [3.05, 3.63) is 29.8 Å². The number of primary sulfonamides is 1. The predicted molar refractivity (Wildman–Crippen MR) is 70.4 cm³/mol. The van der Waals surface area contributed by atoms with Gasteiger partial charge in [-0.2, -0.15) is 11.8 Å². The summed E-state index contributed by atoms with van der Waals surface area (Å²) in [5.74, 6) is 2.39. The summed E-state index contributed by atoms with van der Waals surface area (Å²) in [7, 11) is -3.57. The van der Waals surface area contributed by atoms with Crippen LogP contribution in [0, 0.1) is 0 Å². The van der Waals surface area contributed by atoms with Crippen LogP contribution in [0.1, 0.15) is 12.0 Å². The number of benzene rings is 1. The van der Waals surface area contributed by atoms with E-state index in [1.807, 2.05) is 11.8 Å². The van der Waals surface area contributed by atoms with E-state index >= 15 is 0 Å². The molecule has 17 heavy (non-hydrogen) atoms. The Morgan fingerprint density at radius 3 is 2.59 bits per heavy atom. The molecule has 2 rings (SSSR count). The first-order chi connectivity index (χ1) is 8.05. The molecule has 0 amide bonds. The van der Waals surface area contributed by atoms with E-state index in [4.69, 9.17) is 5.14 Å². The highest BCUT2D eigenvalue weighted by molar-refractivity contribution is 7.99. The zero-order valence-corrected chi connectivity index (χ0v) is 11.1. The van der Waals surface area contributed by atoms with E-state index in [9.17, 15) is 8.42 Å². The Hall–Kier alpha value is -0.560. The molecule has 1 aliphatic heterocycles. The molecule has 4 nitrogen and oxygen atoms in total. The SMILES string of the molecule is NS(=O)(=O)c1ccc(CNC2CCSC2)cc1. The first-order valence-electron chi connectivity index (χ1n) is 5.48. The number of hydrogen-bond acceptors (Lipinski definition) is 4. The maximum atomic E-state index is 11.1. The number of sulfonamides is 1. The number of nitrogens with two attached hydrogens (primary N) is 1. The van der Waals surface area contributed by atoms with Gasteiger partial charge in [0.2, 0.25) is 10.0 Å². The van der Waals surface area contributed by atoms with Gasteiger partial charge >= 0.3 is 0 Å². The quantitative estimate of drug-likeness (QED) is 0.855. The molecule has 1 fully saturated rings. The fraction of sp³-hybridized carbons (Fsp3) is 0.455. The van der Waals surface area contributed by atoms with E-state index in [1.54, 1.807) is 24.3 Å². The third-order valence-corrected chi connectivity index (χ3v) is 4.87. The molecule has 1 aromatic carbocycles. The lowest BCUT2D eigenvalue weighted by Gasteiger charge is -2.11. The Labute approximate surface area is 106 Å². The van der Waals surface area contributed by atoms with E-state index in [2.05, 4.69) is 5.32 Å². The van der Waals surface area contributed by atoms with Crippen molar-refractivity contribution >= 4 is 21.8 Å². The van der Waals surface area contributed by atoms with E-state index in [1.165, 1.54) is 12.2 Å². The van der Waals surface area contributed by atoms with Gasteiger partial charge in [0.1, 0.15) is 0 Å². The summed E-state index contributed by atoms with van der Waals surface area (Å²) in [6.45, 7) is 0.774. The molecule has 0 aliphatic carbocycles. The van der Waals surface area contributed by atoms with Gasteiger partial charge in [-0.05, 0) is 29.9 Å². The van der Waals surface area contributed by atoms with Crippen LogP contribution in [-0.2, 0) is 16.6 Å². The van der Waals surface area contributed by atoms with Crippen molar-refractivity contribution in [3.63, 3.8) is 0 Å². The van der Waals surface area contributed by atoms with Crippen LogP contribution >= 0.6 is 11.8 Å². The molecule has 1 heterocycles. The van der Waals surface area contributed by atoms with E-state index in [0.717, 1.165) is 17.9 Å². The third-order valence-electron chi connectivity index (χ3n) is 2.78. The van der Waals surface area contributed by atoms with Crippen molar-refractivity contribution in [3.8, 4) is 0 Å². The van der Waals surface area contributed by atoms with Crippen LogP contribution in [0.4, 0.5) is 0 Å². The molecule has 3 N–H and O–H groups in total. The minimum absolute atomic E-state index is 0.165. The Balaban J connectivity index is 1.94. The van der Waals surface area contributed by atoms with Crippen LogP contribution in [0.5, 0.6) is 0 Å². The molecule has 1 aliphatic rings. The maximum absolute atomic E-state index is 11.1. The normalized spacial score (nSPS) is 20.6. The van der Waals surface area contributed by atoms with Gasteiger partial charge < -0.3 is 5.32 Å². The van der Waals surface area contributed by atoms with Crippen molar-refractivity contribution in [2.24, 2.45) is 5.14 Å². The van der Waals surface area contributed by atoms with E-state index < -0.39 is 10.0 Å². The first-order valence-corrected chi connectivity index (χ1v) is 8.19. The highest BCUT2D eigenvalue weighted by Gasteiger charge is 2.14. The average molecular weight is 272 g/mol. The fourth-order valence-corrected chi connectivity index (χ4v) is 3.46. The van der Waals surface area contributed by atoms with Crippen LogP contribution < -0.4 is 10.5 Å². The van der Waals surface area contributed by atoms with Gasteiger partial charge in [0.25, 0.3) is 0 Å². The smallest absolute Gasteiger partial charge is 0.238 e. The lowest BCUT2D eigenvalue weighted by atomic mass is 10.2. The van der Waals surface area contributed by atoms with Crippen molar-refractivity contribution in [1.82, 2.24) is 5.32 Å². The number of nitrogens with one attached hydrogen (secondary N) is 1. The van der Waals surface area contributed by atoms with Gasteiger partial charge in [0.05, 0.1) is 4.90 Å². The fourth-order valence-electron chi connectivity index (χ4n) is 1.75. The second kappa shape index (κ2) is 5.39. The zero-order chi connectivity index (χ0) is 12.3. The van der Waals surface area contributed by atoms with Gasteiger partial charge in [-0.3, -0.25) is 0 Å². The van der Waals surface area contributed by atoms with Crippen LogP contribution in [0.15, 0.2) is 29.2 Å². The van der Waals surface area contributed by atoms with Crippen molar-refractivity contribution in [1.29, 1.82) is 0 Å². The lowest BCUT2D eigenvalue weighted by Crippen LogP contribution is -2.27. The molecule has 1 unspecified atom stereocenters. The minimum Gasteiger partial charge on any atom is -0.309 e. The number of rotatable bonds is 4. The van der Waals surface area contributed by atoms with E-state index in [0.29, 0.717) is 6.04 Å². The molecule has 94 valence electrons. The molecule has 1 aromatic rings. The number of hydrogen-bond donors (Lipinski definition) is 2. The molecule has 1 saturated heterocycles. The number of thioether (sulfide) groups is 1. The second-order valence-electron chi connectivity index (χ2n) is 4.13. The summed E-state index contributed by atoms with van der Waals surface area (Å²) in [6.07, 6.45) is 1.21. The summed E-state index contributed by atoms with van der Waals surface area (Å²) in [6, 6.07) is 7.28. The molecule has 0 radical (unpaired) electrons. The highest BCUT2D eigenvalue weighted by atomic mass is 32.2. The Morgan fingerprint density at radius 2 is 2.06 bits per heavy atom. The molecule has 0 spiro atoms. The standard InChI is InChI=1S/C11H16N2O2S2/c12-17(14,15)11-3-1-9(2-4-11)7-13-10-5-6-16-8-10/h1-4,10,13H,5-8H2,(H2,12,14,15). The van der Waals surface area contributed by atoms with Crippen molar-refractivity contribution in [2.75, 3.05) is 11.5 Å². The first kappa shape index (κ1) is 12.9. The average Bonchev–Trinajstić information content (AvgIpc) is 2.78. The molecule has 1 atom stereocenters. The van der Waals surface area contributed by atoms with Crippen molar-refractivity contribution in [2.45, 2.75) is 23.9 Å². The van der Waals surface area contributed by atoms with Crippen LogP contribution in [0.3, 0.4) is 0 Å². The molecular formula is C11H16N2O2S2. The lowest BCUT2D eigenvalue weighted by molar-refractivity contribution is 0.557. The third kappa shape index (κ3) is 3.70. The van der Waals surface area contributed by atoms with Gasteiger partial charge in [0, 0.05) is 18.3 Å². The molecule has 6 heteroatoms. The van der Waals surface area contributed by atoms with Gasteiger partial charge in [-0.25, -0.2) is 13.6 Å². The summed E-state index contributed by atoms with van der Waals surface area (Å²) in [5, 5.41) is 8.49. The Kier molecular flexibility index (Phi) is 4.09. The van der Waals surface area contributed by atoms with Crippen LogP contribution in [-0.4, -0.2) is 26.0 Å². The predicted octanol–water partition coefficient (Wildman–Crippen LogP) is 0.929. The topological polar surface area (TPSA) is 72.2 Å². The molecular weight excluding hydrogens is 256 g/mol. The van der Waals surface area contributed by atoms with Gasteiger partial charge in [-0.15, -0.1) is 0 Å². The molecule has 0 bridgehead atoms. The summed E-state index contributed by atoms with van der Waals surface area (Å²) in [4.78, 5) is 0.165. The monoisotopic (exact) mass is 272 g/mol. The van der Waals surface area contributed by atoms with Gasteiger partial charge in [-0.1, -0.05) is 12.1 Å². The van der Waals surface area contributed by atoms with E-state index in [-0.39, 0.29) is 4.90 Å². The largest absolute Gasteiger partial charge is 0.309 e. The highest BCUT2D eigenvalue weighted by Crippen LogP contribution is 2.17. The Bertz CT molecular complexity index is 465. The van der Waals surface area contributed by atoms with Gasteiger partial charge in [0.15, 0.2) is 0 Å². The van der Waals surface area contributed by atoms with Crippen LogP contribution in [0.2, 0.25) is 0 Å². The maximum Gasteiger partial charge on any atom is 0.238 e. The summed E-state index contributed by atoms with van der Waals surface area (Å²) in [5.41, 5.74) is 1.08. The van der Waals surface area contributed by atoms with Crippen LogP contribution in [0.25, 0.3) is 0 Å². The van der Waals surface area contributed by atoms with Crippen molar-refractivity contribution < 1.29 is 8.42 Å². The molecule has 0 saturated carbocycles. The second-order valence-corrected chi connectivity index (χ2v) is 6.84. The summed E-state index contributed by atoms with van der Waals surface area (Å²) < 4.78 is 22.1. The minimum atomic E-state index is -3.57. The molecule has 0 aromatic heterocycles. The zero-order valence-electron chi connectivity index (χ0n) is 9.43. The Morgan fingerprint density at radius 1 is 1.35 bits per heavy atom.